The normalized spacial score (nSPS) is 32.9. The van der Waals surface area contributed by atoms with Crippen molar-refractivity contribution in [3.63, 3.8) is 0 Å². The van der Waals surface area contributed by atoms with E-state index in [1.165, 1.54) is 12.1 Å². The van der Waals surface area contributed by atoms with Crippen LogP contribution in [0.15, 0.2) is 16.9 Å². The highest BCUT2D eigenvalue weighted by Gasteiger charge is 2.42. The van der Waals surface area contributed by atoms with Crippen molar-refractivity contribution in [3.8, 4) is 5.88 Å². The van der Waals surface area contributed by atoms with E-state index in [-0.39, 0.29) is 18.1 Å². The van der Waals surface area contributed by atoms with Crippen LogP contribution in [0.3, 0.4) is 0 Å². The zero-order valence-electron chi connectivity index (χ0n) is 8.87. The highest BCUT2D eigenvalue weighted by molar-refractivity contribution is 5.30. The van der Waals surface area contributed by atoms with Crippen LogP contribution < -0.4 is 10.9 Å². The van der Waals surface area contributed by atoms with Crippen molar-refractivity contribution in [2.45, 2.75) is 24.3 Å². The Hall–Kier alpha value is -1.41. The first-order valence-corrected chi connectivity index (χ1v) is 5.20. The van der Waals surface area contributed by atoms with E-state index in [2.05, 4.69) is 10.3 Å². The van der Waals surface area contributed by atoms with Crippen molar-refractivity contribution >= 4 is 0 Å². The van der Waals surface area contributed by atoms with Gasteiger partial charge in [0.15, 0.2) is 5.88 Å². The number of aromatic hydroxyl groups is 1. The zero-order chi connectivity index (χ0) is 12.6. The molecule has 4 unspecified atom stereocenters. The third kappa shape index (κ3) is 2.05. The Morgan fingerprint density at radius 2 is 1.94 bits per heavy atom. The monoisotopic (exact) mass is 242 g/mol. The second kappa shape index (κ2) is 4.46. The molecule has 4 atom stereocenters. The Labute approximate surface area is 96.4 Å². The van der Waals surface area contributed by atoms with Gasteiger partial charge in [-0.1, -0.05) is 0 Å². The molecule has 7 heteroatoms. The molecule has 1 fully saturated rings. The molecule has 0 bridgehead atoms. The van der Waals surface area contributed by atoms with Crippen molar-refractivity contribution in [3.05, 3.63) is 28.0 Å². The Balaban J connectivity index is 2.32. The summed E-state index contributed by atoms with van der Waals surface area (Å²) in [6.45, 7) is -0.334. The molecule has 2 heterocycles. The van der Waals surface area contributed by atoms with E-state index in [0.29, 0.717) is 0 Å². The molecule has 2 rings (SSSR count). The van der Waals surface area contributed by atoms with Crippen LogP contribution in [-0.4, -0.2) is 50.3 Å². The molecule has 17 heavy (non-hydrogen) atoms. The maximum atomic E-state index is 10.9. The van der Waals surface area contributed by atoms with Crippen LogP contribution in [0.2, 0.25) is 0 Å². The predicted octanol–water partition coefficient (Wildman–Crippen LogP) is -2.19. The second-order valence-electron chi connectivity index (χ2n) is 4.04. The SMILES string of the molecule is O=c1ccc(C2NC(CO)C(O)C2O)c(O)[nH]1. The van der Waals surface area contributed by atoms with Gasteiger partial charge in [0.2, 0.25) is 0 Å². The number of hydrogen-bond donors (Lipinski definition) is 6. The fourth-order valence-electron chi connectivity index (χ4n) is 2.02. The van der Waals surface area contributed by atoms with Crippen molar-refractivity contribution in [2.24, 2.45) is 0 Å². The van der Waals surface area contributed by atoms with Gasteiger partial charge in [0, 0.05) is 11.6 Å². The molecule has 6 N–H and O–H groups in total. The number of aromatic amines is 1. The molecule has 94 valence electrons. The van der Waals surface area contributed by atoms with Crippen molar-refractivity contribution in [1.82, 2.24) is 10.3 Å². The van der Waals surface area contributed by atoms with Crippen molar-refractivity contribution in [1.29, 1.82) is 0 Å². The number of hydrogen-bond acceptors (Lipinski definition) is 6. The van der Waals surface area contributed by atoms with Crippen molar-refractivity contribution in [2.75, 3.05) is 6.61 Å². The van der Waals surface area contributed by atoms with E-state index >= 15 is 0 Å². The molecule has 1 aromatic heterocycles. The minimum absolute atomic E-state index is 0.270. The summed E-state index contributed by atoms with van der Waals surface area (Å²) in [6, 6.07) is 1.17. The summed E-state index contributed by atoms with van der Waals surface area (Å²) in [5.74, 6) is -0.361. The summed E-state index contributed by atoms with van der Waals surface area (Å²) in [4.78, 5) is 13.1. The van der Waals surface area contributed by atoms with Gasteiger partial charge in [0.25, 0.3) is 5.56 Å². The minimum Gasteiger partial charge on any atom is -0.494 e. The summed E-state index contributed by atoms with van der Waals surface area (Å²) >= 11 is 0. The number of pyridine rings is 1. The topological polar surface area (TPSA) is 126 Å². The van der Waals surface area contributed by atoms with E-state index in [0.717, 1.165) is 0 Å². The standard InChI is InChI=1S/C10H14N2O5/c13-3-5-8(15)9(16)7(11-5)4-1-2-6(14)12-10(4)17/h1-2,5,7-9,11,13,15-16H,3H2,(H2,12,14,17). The first kappa shape index (κ1) is 12.1. The minimum atomic E-state index is -1.16. The van der Waals surface area contributed by atoms with Crippen LogP contribution in [0, 0.1) is 0 Å². The summed E-state index contributed by atoms with van der Waals surface area (Å²) in [5, 5.41) is 40.7. The van der Waals surface area contributed by atoms with Crippen molar-refractivity contribution < 1.29 is 20.4 Å². The van der Waals surface area contributed by atoms with Gasteiger partial charge in [-0.2, -0.15) is 0 Å². The van der Waals surface area contributed by atoms with Gasteiger partial charge in [-0.05, 0) is 6.07 Å². The first-order chi connectivity index (χ1) is 8.04. The van der Waals surface area contributed by atoms with E-state index in [1.807, 2.05) is 0 Å². The molecular weight excluding hydrogens is 228 g/mol. The maximum absolute atomic E-state index is 10.9. The molecule has 1 aromatic rings. The second-order valence-corrected chi connectivity index (χ2v) is 4.04. The summed E-state index contributed by atoms with van der Waals surface area (Å²) in [7, 11) is 0. The molecule has 0 aliphatic carbocycles. The quantitative estimate of drug-likeness (QED) is 0.350. The van der Waals surface area contributed by atoms with Gasteiger partial charge in [0.1, 0.15) is 6.10 Å². The molecule has 0 saturated carbocycles. The molecule has 0 spiro atoms. The van der Waals surface area contributed by atoms with Crippen LogP contribution in [-0.2, 0) is 0 Å². The number of aliphatic hydroxyl groups excluding tert-OH is 3. The smallest absolute Gasteiger partial charge is 0.250 e. The summed E-state index contributed by atoms with van der Waals surface area (Å²) < 4.78 is 0. The number of aromatic nitrogens is 1. The Morgan fingerprint density at radius 3 is 2.47 bits per heavy atom. The van der Waals surface area contributed by atoms with E-state index in [4.69, 9.17) is 5.11 Å². The van der Waals surface area contributed by atoms with Gasteiger partial charge in [-0.3, -0.25) is 9.78 Å². The van der Waals surface area contributed by atoms with Crippen LogP contribution in [0.25, 0.3) is 0 Å². The first-order valence-electron chi connectivity index (χ1n) is 5.20. The van der Waals surface area contributed by atoms with Gasteiger partial charge in [-0.15, -0.1) is 0 Å². The Morgan fingerprint density at radius 1 is 1.24 bits per heavy atom. The largest absolute Gasteiger partial charge is 0.494 e. The summed E-state index contributed by atoms with van der Waals surface area (Å²) in [6.07, 6.45) is -2.29. The lowest BCUT2D eigenvalue weighted by atomic mass is 10.0. The third-order valence-electron chi connectivity index (χ3n) is 2.96. The lowest BCUT2D eigenvalue weighted by Gasteiger charge is -2.16. The average molecular weight is 242 g/mol. The summed E-state index contributed by atoms with van der Waals surface area (Å²) in [5.41, 5.74) is -0.190. The zero-order valence-corrected chi connectivity index (χ0v) is 8.87. The van der Waals surface area contributed by atoms with Gasteiger partial charge < -0.3 is 25.7 Å². The highest BCUT2D eigenvalue weighted by atomic mass is 16.3. The van der Waals surface area contributed by atoms with E-state index < -0.39 is 29.9 Å². The Kier molecular flexibility index (Phi) is 3.16. The van der Waals surface area contributed by atoms with E-state index in [9.17, 15) is 20.1 Å². The molecule has 1 aliphatic heterocycles. The third-order valence-corrected chi connectivity index (χ3v) is 2.96. The van der Waals surface area contributed by atoms with Crippen LogP contribution in [0.1, 0.15) is 11.6 Å². The van der Waals surface area contributed by atoms with E-state index in [1.54, 1.807) is 0 Å². The lowest BCUT2D eigenvalue weighted by molar-refractivity contribution is 0.0192. The molecule has 1 aliphatic rings. The molecular formula is C10H14N2O5. The number of rotatable bonds is 2. The molecule has 1 saturated heterocycles. The van der Waals surface area contributed by atoms with Crippen LogP contribution in [0.4, 0.5) is 0 Å². The number of aliphatic hydroxyl groups is 3. The number of nitrogens with one attached hydrogen (secondary N) is 2. The maximum Gasteiger partial charge on any atom is 0.250 e. The number of H-pyrrole nitrogens is 1. The van der Waals surface area contributed by atoms with Crippen LogP contribution >= 0.6 is 0 Å². The fraction of sp³-hybridized carbons (Fsp3) is 0.500. The fourth-order valence-corrected chi connectivity index (χ4v) is 2.02. The lowest BCUT2D eigenvalue weighted by Crippen LogP contribution is -2.35. The highest BCUT2D eigenvalue weighted by Crippen LogP contribution is 2.30. The molecule has 0 amide bonds. The van der Waals surface area contributed by atoms with Crippen LogP contribution in [0.5, 0.6) is 5.88 Å². The Bertz CT molecular complexity index is 460. The molecule has 0 aromatic carbocycles. The molecule has 0 radical (unpaired) electrons. The average Bonchev–Trinajstić information content (AvgIpc) is 2.57. The van der Waals surface area contributed by atoms with Gasteiger partial charge >= 0.3 is 0 Å². The van der Waals surface area contributed by atoms with Gasteiger partial charge in [-0.25, -0.2) is 0 Å². The predicted molar refractivity (Wildman–Crippen MR) is 57.5 cm³/mol. The molecule has 7 nitrogen and oxygen atoms in total. The van der Waals surface area contributed by atoms with Gasteiger partial charge in [0.05, 0.1) is 24.8 Å².